The van der Waals surface area contributed by atoms with Crippen LogP contribution in [0.1, 0.15) is 12.6 Å². The van der Waals surface area contributed by atoms with E-state index in [1.165, 1.54) is 7.11 Å². The number of ether oxygens (including phenoxy) is 1. The Morgan fingerprint density at radius 1 is 1.55 bits per heavy atom. The molecule has 1 aromatic heterocycles. The number of aryl methyl sites for hydroxylation is 1. The first-order chi connectivity index (χ1) is 9.08. The molecule has 0 aliphatic heterocycles. The van der Waals surface area contributed by atoms with Gasteiger partial charge < -0.3 is 15.4 Å². The van der Waals surface area contributed by atoms with E-state index in [0.29, 0.717) is 19.0 Å². The van der Waals surface area contributed by atoms with E-state index in [-0.39, 0.29) is 35.9 Å². The third-order valence-electron chi connectivity index (χ3n) is 2.76. The van der Waals surface area contributed by atoms with Gasteiger partial charge in [-0.1, -0.05) is 6.92 Å². The number of carbonyl (C=O) groups excluding carboxylic acids is 1. The Hall–Kier alpha value is -1.32. The zero-order chi connectivity index (χ0) is 14.3. The molecule has 0 saturated carbocycles. The molecule has 1 unspecified atom stereocenters. The predicted molar refractivity (Wildman–Crippen MR) is 88.0 cm³/mol. The van der Waals surface area contributed by atoms with Gasteiger partial charge in [0.15, 0.2) is 5.96 Å². The molecule has 0 saturated heterocycles. The molecule has 0 amide bonds. The summed E-state index contributed by atoms with van der Waals surface area (Å²) in [5.74, 6) is 0.173. The largest absolute Gasteiger partial charge is 0.469 e. The number of halogens is 1. The summed E-state index contributed by atoms with van der Waals surface area (Å²) in [6.07, 6.45) is 1.74. The number of hydrogen-bond acceptors (Lipinski definition) is 4. The van der Waals surface area contributed by atoms with Gasteiger partial charge in [-0.3, -0.25) is 14.5 Å². The molecular formula is C12H22IN5O2. The van der Waals surface area contributed by atoms with Crippen LogP contribution < -0.4 is 10.6 Å². The molecule has 7 nitrogen and oxygen atoms in total. The Morgan fingerprint density at radius 2 is 2.25 bits per heavy atom. The van der Waals surface area contributed by atoms with Crippen LogP contribution in [0.2, 0.25) is 0 Å². The first-order valence-electron chi connectivity index (χ1n) is 6.07. The summed E-state index contributed by atoms with van der Waals surface area (Å²) in [5, 5.41) is 10.3. The smallest absolute Gasteiger partial charge is 0.310 e. The van der Waals surface area contributed by atoms with Crippen LogP contribution in [0.4, 0.5) is 0 Å². The highest BCUT2D eigenvalue weighted by molar-refractivity contribution is 14.0. The summed E-state index contributed by atoms with van der Waals surface area (Å²) in [5.41, 5.74) is 1.05. The second-order valence-corrected chi connectivity index (χ2v) is 4.18. The Balaban J connectivity index is 0.00000361. The number of esters is 1. The van der Waals surface area contributed by atoms with Crippen molar-refractivity contribution < 1.29 is 9.53 Å². The van der Waals surface area contributed by atoms with E-state index in [1.54, 1.807) is 24.9 Å². The highest BCUT2D eigenvalue weighted by Crippen LogP contribution is 1.96. The van der Waals surface area contributed by atoms with Gasteiger partial charge in [0.1, 0.15) is 0 Å². The predicted octanol–water partition coefficient (Wildman–Crippen LogP) is 0.512. The molecule has 0 spiro atoms. The Kier molecular flexibility index (Phi) is 8.93. The lowest BCUT2D eigenvalue weighted by Crippen LogP contribution is -2.40. The highest BCUT2D eigenvalue weighted by atomic mass is 127. The van der Waals surface area contributed by atoms with Crippen LogP contribution in [0.5, 0.6) is 0 Å². The lowest BCUT2D eigenvalue weighted by molar-refractivity contribution is -0.144. The fraction of sp³-hybridized carbons (Fsp3) is 0.583. The number of carbonyl (C=O) groups is 1. The Bertz CT molecular complexity index is 447. The number of aromatic nitrogens is 2. The van der Waals surface area contributed by atoms with Crippen molar-refractivity contribution in [2.24, 2.45) is 18.0 Å². The summed E-state index contributed by atoms with van der Waals surface area (Å²) in [6.45, 7) is 2.88. The molecule has 0 aliphatic rings. The van der Waals surface area contributed by atoms with Crippen LogP contribution in [0.25, 0.3) is 0 Å². The van der Waals surface area contributed by atoms with E-state index < -0.39 is 0 Å². The Labute approximate surface area is 136 Å². The maximum Gasteiger partial charge on any atom is 0.310 e. The lowest BCUT2D eigenvalue weighted by Gasteiger charge is -2.14. The van der Waals surface area contributed by atoms with Crippen molar-refractivity contribution in [1.29, 1.82) is 0 Å². The monoisotopic (exact) mass is 395 g/mol. The van der Waals surface area contributed by atoms with Crippen LogP contribution in [0, 0.1) is 5.92 Å². The molecule has 2 N–H and O–H groups in total. The van der Waals surface area contributed by atoms with E-state index in [0.717, 1.165) is 5.69 Å². The molecule has 0 fully saturated rings. The van der Waals surface area contributed by atoms with Crippen molar-refractivity contribution in [3.05, 3.63) is 18.0 Å². The molecular weight excluding hydrogens is 373 g/mol. The standard InChI is InChI=1S/C12H21N5O2.HI/c1-9(11(18)19-4)7-14-12(13-2)15-8-10-5-6-16-17(10)3;/h5-6,9H,7-8H2,1-4H3,(H2,13,14,15);1H. The summed E-state index contributed by atoms with van der Waals surface area (Å²) in [7, 11) is 4.95. The highest BCUT2D eigenvalue weighted by Gasteiger charge is 2.13. The minimum atomic E-state index is -0.241. The van der Waals surface area contributed by atoms with Gasteiger partial charge in [0.25, 0.3) is 0 Å². The second-order valence-electron chi connectivity index (χ2n) is 4.18. The summed E-state index contributed by atoms with van der Waals surface area (Å²) in [4.78, 5) is 15.4. The quantitative estimate of drug-likeness (QED) is 0.329. The van der Waals surface area contributed by atoms with Gasteiger partial charge in [-0.05, 0) is 6.07 Å². The average molecular weight is 395 g/mol. The van der Waals surface area contributed by atoms with Gasteiger partial charge in [0.05, 0.1) is 25.3 Å². The number of methoxy groups -OCH3 is 1. The van der Waals surface area contributed by atoms with Crippen LogP contribution in [0.3, 0.4) is 0 Å². The van der Waals surface area contributed by atoms with Crippen molar-refractivity contribution in [3.63, 3.8) is 0 Å². The van der Waals surface area contributed by atoms with Gasteiger partial charge in [-0.2, -0.15) is 5.10 Å². The molecule has 0 bridgehead atoms. The van der Waals surface area contributed by atoms with Crippen molar-refractivity contribution in [1.82, 2.24) is 20.4 Å². The SMILES string of the molecule is CN=C(NCc1ccnn1C)NCC(C)C(=O)OC.I. The first kappa shape index (κ1) is 18.7. The van der Waals surface area contributed by atoms with Crippen molar-refractivity contribution >= 4 is 35.9 Å². The Morgan fingerprint density at radius 3 is 2.75 bits per heavy atom. The van der Waals surface area contributed by atoms with E-state index in [4.69, 9.17) is 0 Å². The van der Waals surface area contributed by atoms with E-state index in [2.05, 4.69) is 25.5 Å². The molecule has 0 aromatic carbocycles. The van der Waals surface area contributed by atoms with Crippen LogP contribution in [-0.4, -0.2) is 42.4 Å². The number of aliphatic imine (C=N–C) groups is 1. The molecule has 0 radical (unpaired) electrons. The van der Waals surface area contributed by atoms with Gasteiger partial charge in [-0.25, -0.2) is 0 Å². The number of guanidine groups is 1. The van der Waals surface area contributed by atoms with Gasteiger partial charge >= 0.3 is 5.97 Å². The van der Waals surface area contributed by atoms with Crippen LogP contribution >= 0.6 is 24.0 Å². The first-order valence-corrected chi connectivity index (χ1v) is 6.07. The molecule has 1 aromatic rings. The average Bonchev–Trinajstić information content (AvgIpc) is 2.83. The fourth-order valence-electron chi connectivity index (χ4n) is 1.50. The topological polar surface area (TPSA) is 80.5 Å². The van der Waals surface area contributed by atoms with Crippen molar-refractivity contribution in [3.8, 4) is 0 Å². The van der Waals surface area contributed by atoms with Crippen molar-refractivity contribution in [2.75, 3.05) is 20.7 Å². The molecule has 1 rings (SSSR count). The van der Waals surface area contributed by atoms with E-state index >= 15 is 0 Å². The fourth-order valence-corrected chi connectivity index (χ4v) is 1.50. The zero-order valence-corrected chi connectivity index (χ0v) is 14.5. The lowest BCUT2D eigenvalue weighted by atomic mass is 10.2. The normalized spacial score (nSPS) is 12.3. The molecule has 1 heterocycles. The summed E-state index contributed by atoms with van der Waals surface area (Å²) < 4.78 is 6.45. The number of nitrogens with one attached hydrogen (secondary N) is 2. The van der Waals surface area contributed by atoms with E-state index in [9.17, 15) is 4.79 Å². The number of nitrogens with zero attached hydrogens (tertiary/aromatic N) is 3. The molecule has 8 heteroatoms. The van der Waals surface area contributed by atoms with E-state index in [1.807, 2.05) is 13.1 Å². The van der Waals surface area contributed by atoms with Gasteiger partial charge in [0, 0.05) is 26.8 Å². The number of rotatable bonds is 5. The van der Waals surface area contributed by atoms with Crippen LogP contribution in [-0.2, 0) is 23.1 Å². The summed E-state index contributed by atoms with van der Waals surface area (Å²) >= 11 is 0. The minimum Gasteiger partial charge on any atom is -0.469 e. The third-order valence-corrected chi connectivity index (χ3v) is 2.76. The van der Waals surface area contributed by atoms with Crippen molar-refractivity contribution in [2.45, 2.75) is 13.5 Å². The number of hydrogen-bond donors (Lipinski definition) is 2. The molecule has 0 aliphatic carbocycles. The second kappa shape index (κ2) is 9.56. The molecule has 1 atom stereocenters. The maximum atomic E-state index is 11.3. The maximum absolute atomic E-state index is 11.3. The zero-order valence-electron chi connectivity index (χ0n) is 12.2. The third kappa shape index (κ3) is 5.76. The molecule has 114 valence electrons. The summed E-state index contributed by atoms with van der Waals surface area (Å²) in [6, 6.07) is 1.93. The van der Waals surface area contributed by atoms with Gasteiger partial charge in [-0.15, -0.1) is 24.0 Å². The minimum absolute atomic E-state index is 0. The molecule has 20 heavy (non-hydrogen) atoms. The van der Waals surface area contributed by atoms with Crippen LogP contribution in [0.15, 0.2) is 17.3 Å². The van der Waals surface area contributed by atoms with Gasteiger partial charge in [0.2, 0.25) is 0 Å².